The van der Waals surface area contributed by atoms with E-state index in [1.807, 2.05) is 0 Å². The highest BCUT2D eigenvalue weighted by Gasteiger charge is 2.29. The van der Waals surface area contributed by atoms with Crippen molar-refractivity contribution in [2.24, 2.45) is 5.92 Å². The Labute approximate surface area is 117 Å². The molecule has 1 aromatic rings. The Hall–Kier alpha value is -1.85. The average Bonchev–Trinajstić information content (AvgIpc) is 2.38. The van der Waals surface area contributed by atoms with Crippen molar-refractivity contribution in [3.63, 3.8) is 0 Å². The number of anilines is 1. The van der Waals surface area contributed by atoms with Crippen molar-refractivity contribution in [3.8, 4) is 0 Å². The number of pyridine rings is 1. The van der Waals surface area contributed by atoms with Crippen LogP contribution < -0.4 is 5.32 Å². The number of aromatic nitrogens is 1. The molecule has 1 fully saturated rings. The van der Waals surface area contributed by atoms with Gasteiger partial charge in [0.25, 0.3) is 0 Å². The zero-order valence-corrected chi connectivity index (χ0v) is 11.8. The molecule has 2 rings (SSSR count). The summed E-state index contributed by atoms with van der Waals surface area (Å²) in [6.07, 6.45) is 2.13. The SMILES string of the molecule is Cc1cc(F)cnc1NC[C@@H]1CC[C@H](C)CN1C(=O)O. The van der Waals surface area contributed by atoms with Crippen LogP contribution in [-0.2, 0) is 0 Å². The lowest BCUT2D eigenvalue weighted by Crippen LogP contribution is -2.48. The second-order valence-corrected chi connectivity index (χ2v) is 5.47. The van der Waals surface area contributed by atoms with Crippen molar-refractivity contribution in [1.82, 2.24) is 9.88 Å². The molecule has 2 heterocycles. The number of likely N-dealkylation sites (tertiary alicyclic amines) is 1. The molecule has 1 aliphatic heterocycles. The summed E-state index contributed by atoms with van der Waals surface area (Å²) in [5.41, 5.74) is 0.719. The number of rotatable bonds is 3. The molecule has 0 aliphatic carbocycles. The van der Waals surface area contributed by atoms with Gasteiger partial charge in [-0.15, -0.1) is 0 Å². The molecule has 2 atom stereocenters. The highest BCUT2D eigenvalue weighted by molar-refractivity contribution is 5.65. The first-order valence-electron chi connectivity index (χ1n) is 6.83. The summed E-state index contributed by atoms with van der Waals surface area (Å²) >= 11 is 0. The third kappa shape index (κ3) is 3.37. The van der Waals surface area contributed by atoms with Gasteiger partial charge in [-0.1, -0.05) is 6.92 Å². The van der Waals surface area contributed by atoms with Gasteiger partial charge in [-0.05, 0) is 37.3 Å². The van der Waals surface area contributed by atoms with Crippen LogP contribution >= 0.6 is 0 Å². The third-order valence-corrected chi connectivity index (χ3v) is 3.74. The number of aryl methyl sites for hydroxylation is 1. The van der Waals surface area contributed by atoms with E-state index in [1.165, 1.54) is 11.0 Å². The van der Waals surface area contributed by atoms with Gasteiger partial charge in [0.05, 0.1) is 12.2 Å². The molecule has 1 aromatic heterocycles. The zero-order valence-electron chi connectivity index (χ0n) is 11.8. The number of nitrogens with one attached hydrogen (secondary N) is 1. The van der Waals surface area contributed by atoms with Crippen molar-refractivity contribution >= 4 is 11.9 Å². The Bertz CT molecular complexity index is 495. The van der Waals surface area contributed by atoms with Gasteiger partial charge >= 0.3 is 6.09 Å². The van der Waals surface area contributed by atoms with E-state index in [4.69, 9.17) is 0 Å². The molecule has 20 heavy (non-hydrogen) atoms. The lowest BCUT2D eigenvalue weighted by atomic mass is 9.94. The highest BCUT2D eigenvalue weighted by Crippen LogP contribution is 2.22. The fraction of sp³-hybridized carbons (Fsp3) is 0.571. The summed E-state index contributed by atoms with van der Waals surface area (Å²) < 4.78 is 13.0. The summed E-state index contributed by atoms with van der Waals surface area (Å²) in [6, 6.07) is 1.35. The number of amides is 1. The van der Waals surface area contributed by atoms with E-state index in [0.29, 0.717) is 24.8 Å². The molecule has 5 nitrogen and oxygen atoms in total. The Morgan fingerprint density at radius 1 is 1.60 bits per heavy atom. The Morgan fingerprint density at radius 2 is 2.35 bits per heavy atom. The molecule has 1 saturated heterocycles. The van der Waals surface area contributed by atoms with E-state index >= 15 is 0 Å². The quantitative estimate of drug-likeness (QED) is 0.894. The van der Waals surface area contributed by atoms with E-state index in [9.17, 15) is 14.3 Å². The van der Waals surface area contributed by atoms with Crippen LogP contribution in [0.5, 0.6) is 0 Å². The lowest BCUT2D eigenvalue weighted by Gasteiger charge is -2.36. The fourth-order valence-corrected chi connectivity index (χ4v) is 2.60. The fourth-order valence-electron chi connectivity index (χ4n) is 2.60. The molecule has 0 spiro atoms. The topological polar surface area (TPSA) is 65.5 Å². The largest absolute Gasteiger partial charge is 0.465 e. The minimum absolute atomic E-state index is 0.0602. The predicted octanol–water partition coefficient (Wildman–Crippen LogP) is 2.72. The summed E-state index contributed by atoms with van der Waals surface area (Å²) in [5.74, 6) is 0.634. The van der Waals surface area contributed by atoms with Gasteiger partial charge in [-0.25, -0.2) is 14.2 Å². The molecule has 2 N–H and O–H groups in total. The maximum Gasteiger partial charge on any atom is 0.407 e. The van der Waals surface area contributed by atoms with Crippen molar-refractivity contribution in [2.45, 2.75) is 32.7 Å². The maximum atomic E-state index is 13.0. The van der Waals surface area contributed by atoms with E-state index in [-0.39, 0.29) is 11.9 Å². The van der Waals surface area contributed by atoms with Gasteiger partial charge in [-0.3, -0.25) is 0 Å². The van der Waals surface area contributed by atoms with Crippen molar-refractivity contribution in [2.75, 3.05) is 18.4 Å². The zero-order chi connectivity index (χ0) is 14.7. The third-order valence-electron chi connectivity index (χ3n) is 3.74. The monoisotopic (exact) mass is 281 g/mol. The van der Waals surface area contributed by atoms with Crippen LogP contribution in [0.25, 0.3) is 0 Å². The van der Waals surface area contributed by atoms with Gasteiger partial charge in [0.1, 0.15) is 11.6 Å². The van der Waals surface area contributed by atoms with Gasteiger partial charge in [0.15, 0.2) is 0 Å². The highest BCUT2D eigenvalue weighted by atomic mass is 19.1. The predicted molar refractivity (Wildman–Crippen MR) is 74.3 cm³/mol. The minimum atomic E-state index is -0.882. The van der Waals surface area contributed by atoms with E-state index < -0.39 is 6.09 Å². The summed E-state index contributed by atoms with van der Waals surface area (Å²) in [4.78, 5) is 16.7. The first-order chi connectivity index (χ1) is 9.47. The van der Waals surface area contributed by atoms with Crippen LogP contribution in [0.4, 0.5) is 15.0 Å². The molecule has 0 unspecified atom stereocenters. The van der Waals surface area contributed by atoms with Crippen LogP contribution in [0.2, 0.25) is 0 Å². The molecular weight excluding hydrogens is 261 g/mol. The second-order valence-electron chi connectivity index (χ2n) is 5.47. The van der Waals surface area contributed by atoms with Crippen molar-refractivity contribution in [1.29, 1.82) is 0 Å². The van der Waals surface area contributed by atoms with Crippen LogP contribution in [0.3, 0.4) is 0 Å². The number of nitrogens with zero attached hydrogens (tertiary/aromatic N) is 2. The Kier molecular flexibility index (Phi) is 4.42. The van der Waals surface area contributed by atoms with E-state index in [1.54, 1.807) is 6.92 Å². The number of hydrogen-bond donors (Lipinski definition) is 2. The number of halogens is 1. The van der Waals surface area contributed by atoms with Gasteiger partial charge in [0.2, 0.25) is 0 Å². The minimum Gasteiger partial charge on any atom is -0.465 e. The first-order valence-corrected chi connectivity index (χ1v) is 6.83. The molecule has 0 aromatic carbocycles. The van der Waals surface area contributed by atoms with Crippen molar-refractivity contribution < 1.29 is 14.3 Å². The summed E-state index contributed by atoms with van der Waals surface area (Å²) in [6.45, 7) is 4.90. The molecule has 6 heteroatoms. The van der Waals surface area contributed by atoms with Crippen LogP contribution in [0.15, 0.2) is 12.3 Å². The van der Waals surface area contributed by atoms with Gasteiger partial charge in [0, 0.05) is 13.1 Å². The number of hydrogen-bond acceptors (Lipinski definition) is 3. The van der Waals surface area contributed by atoms with Crippen LogP contribution in [0, 0.1) is 18.7 Å². The second kappa shape index (κ2) is 6.07. The Morgan fingerprint density at radius 3 is 3.00 bits per heavy atom. The molecule has 0 saturated carbocycles. The first kappa shape index (κ1) is 14.6. The van der Waals surface area contributed by atoms with E-state index in [2.05, 4.69) is 17.2 Å². The molecule has 0 radical (unpaired) electrons. The van der Waals surface area contributed by atoms with Gasteiger partial charge < -0.3 is 15.3 Å². The Balaban J connectivity index is 1.99. The average molecular weight is 281 g/mol. The number of carbonyl (C=O) groups is 1. The smallest absolute Gasteiger partial charge is 0.407 e. The maximum absolute atomic E-state index is 13.0. The molecular formula is C14H20FN3O2. The molecule has 110 valence electrons. The van der Waals surface area contributed by atoms with Gasteiger partial charge in [-0.2, -0.15) is 0 Å². The standard InChI is InChI=1S/C14H20FN3O2/c1-9-3-4-12(18(8-9)14(19)20)7-17-13-10(2)5-11(15)6-16-13/h5-6,9,12H,3-4,7-8H2,1-2H3,(H,16,17)(H,19,20)/t9-,12-/m0/s1. The molecule has 1 aliphatic rings. The number of carboxylic acid groups (broad SMARTS) is 1. The van der Waals surface area contributed by atoms with Crippen LogP contribution in [0.1, 0.15) is 25.3 Å². The van der Waals surface area contributed by atoms with Crippen LogP contribution in [-0.4, -0.2) is 40.2 Å². The lowest BCUT2D eigenvalue weighted by molar-refractivity contribution is 0.0942. The molecule has 0 bridgehead atoms. The normalized spacial score (nSPS) is 22.6. The summed E-state index contributed by atoms with van der Waals surface area (Å²) in [5, 5.41) is 12.4. The van der Waals surface area contributed by atoms with E-state index in [0.717, 1.165) is 24.6 Å². The molecule has 1 amide bonds. The summed E-state index contributed by atoms with van der Waals surface area (Å²) in [7, 11) is 0. The number of piperidine rings is 1. The van der Waals surface area contributed by atoms with Crippen molar-refractivity contribution in [3.05, 3.63) is 23.6 Å².